The maximum absolute atomic E-state index is 6.02. The Bertz CT molecular complexity index is 626. The topological polar surface area (TPSA) is 12.5 Å². The predicted molar refractivity (Wildman–Crippen MR) is 119 cm³/mol. The van der Waals surface area contributed by atoms with Gasteiger partial charge < -0.3 is 4.74 Å². The van der Waals surface area contributed by atoms with Crippen molar-refractivity contribution in [2.45, 2.75) is 45.8 Å². The molecule has 0 unspecified atom stereocenters. The lowest BCUT2D eigenvalue weighted by Gasteiger charge is -2.44. The molecule has 0 bridgehead atoms. The minimum atomic E-state index is 0.314. The fourth-order valence-electron chi connectivity index (χ4n) is 3.32. The number of benzene rings is 2. The van der Waals surface area contributed by atoms with E-state index in [0.717, 1.165) is 37.4 Å². The van der Waals surface area contributed by atoms with Crippen LogP contribution in [0.15, 0.2) is 71.6 Å². The molecule has 1 aliphatic heterocycles. The highest BCUT2D eigenvalue weighted by atomic mass is 32.1. The molecule has 1 fully saturated rings. The zero-order valence-corrected chi connectivity index (χ0v) is 17.7. The van der Waals surface area contributed by atoms with Crippen LogP contribution in [0, 0.1) is 0 Å². The normalized spacial score (nSPS) is 15.2. The molecule has 0 spiro atoms. The molecule has 146 valence electrons. The number of allylic oxidation sites excluding steroid dienone is 2. The minimum absolute atomic E-state index is 0.314. The number of likely N-dealkylation sites (tertiary alicyclic amines) is 1. The van der Waals surface area contributed by atoms with Gasteiger partial charge >= 0.3 is 0 Å². The average molecular weight is 384 g/mol. The van der Waals surface area contributed by atoms with Crippen molar-refractivity contribution in [3.63, 3.8) is 0 Å². The number of ether oxygens (including phenoxy) is 1. The van der Waals surface area contributed by atoms with Gasteiger partial charge in [-0.05, 0) is 35.8 Å². The third kappa shape index (κ3) is 6.53. The van der Waals surface area contributed by atoms with Gasteiger partial charge in [-0.3, -0.25) is 4.90 Å². The van der Waals surface area contributed by atoms with Gasteiger partial charge in [0.15, 0.2) is 0 Å². The Morgan fingerprint density at radius 2 is 1.56 bits per heavy atom. The van der Waals surface area contributed by atoms with E-state index in [1.165, 1.54) is 11.1 Å². The summed E-state index contributed by atoms with van der Waals surface area (Å²) in [5.41, 5.74) is 2.69. The maximum Gasteiger partial charge on any atom is 0.0829 e. The van der Waals surface area contributed by atoms with E-state index in [4.69, 9.17) is 4.74 Å². The van der Waals surface area contributed by atoms with E-state index < -0.39 is 0 Å². The summed E-state index contributed by atoms with van der Waals surface area (Å²) >= 11 is 4.41. The monoisotopic (exact) mass is 383 g/mol. The maximum atomic E-state index is 6.02. The molecule has 3 rings (SSSR count). The van der Waals surface area contributed by atoms with E-state index in [-0.39, 0.29) is 0 Å². The van der Waals surface area contributed by atoms with Crippen molar-refractivity contribution < 1.29 is 4.74 Å². The number of hydrogen-bond acceptors (Lipinski definition) is 3. The highest BCUT2D eigenvalue weighted by Crippen LogP contribution is 2.33. The SMILES string of the molecule is C/C=C(\S)CCCOC1CN(C(c2ccccc2)c2ccccc2)C1.CC. The van der Waals surface area contributed by atoms with Crippen molar-refractivity contribution in [2.24, 2.45) is 0 Å². The van der Waals surface area contributed by atoms with Gasteiger partial charge in [0.25, 0.3) is 0 Å². The van der Waals surface area contributed by atoms with E-state index in [0.29, 0.717) is 12.1 Å². The van der Waals surface area contributed by atoms with Gasteiger partial charge in [0, 0.05) is 19.7 Å². The molecule has 0 N–H and O–H groups in total. The second-order valence-electron chi connectivity index (χ2n) is 6.55. The zero-order chi connectivity index (χ0) is 19.5. The molecule has 0 atom stereocenters. The lowest BCUT2D eigenvalue weighted by molar-refractivity contribution is -0.0668. The summed E-state index contributed by atoms with van der Waals surface area (Å²) in [4.78, 5) is 3.65. The van der Waals surface area contributed by atoms with Crippen LogP contribution in [0.4, 0.5) is 0 Å². The molecule has 0 radical (unpaired) electrons. The molecule has 2 aromatic rings. The van der Waals surface area contributed by atoms with Crippen molar-refractivity contribution in [3.05, 3.63) is 82.8 Å². The van der Waals surface area contributed by atoms with Crippen LogP contribution >= 0.6 is 12.6 Å². The molecule has 0 amide bonds. The summed E-state index contributed by atoms with van der Waals surface area (Å²) in [5.74, 6) is 0. The lowest BCUT2D eigenvalue weighted by Crippen LogP contribution is -2.53. The van der Waals surface area contributed by atoms with Crippen molar-refractivity contribution in [2.75, 3.05) is 19.7 Å². The van der Waals surface area contributed by atoms with Gasteiger partial charge in [0.1, 0.15) is 0 Å². The summed E-state index contributed by atoms with van der Waals surface area (Å²) in [5, 5.41) is 0. The highest BCUT2D eigenvalue weighted by molar-refractivity contribution is 7.84. The van der Waals surface area contributed by atoms with E-state index in [1.54, 1.807) is 0 Å². The van der Waals surface area contributed by atoms with Crippen LogP contribution in [0.1, 0.15) is 50.8 Å². The first-order valence-corrected chi connectivity index (χ1v) is 10.5. The molecule has 27 heavy (non-hydrogen) atoms. The van der Waals surface area contributed by atoms with Gasteiger partial charge in [-0.25, -0.2) is 0 Å². The molecule has 3 heteroatoms. The van der Waals surface area contributed by atoms with Crippen molar-refractivity contribution in [1.29, 1.82) is 0 Å². The number of nitrogens with zero attached hydrogens (tertiary/aromatic N) is 1. The molecule has 0 saturated carbocycles. The van der Waals surface area contributed by atoms with Gasteiger partial charge in [-0.15, -0.1) is 12.6 Å². The quantitative estimate of drug-likeness (QED) is 0.436. The van der Waals surface area contributed by atoms with Gasteiger partial charge in [-0.2, -0.15) is 0 Å². The smallest absolute Gasteiger partial charge is 0.0829 e. The van der Waals surface area contributed by atoms with E-state index in [9.17, 15) is 0 Å². The number of thiol groups is 1. The standard InChI is InChI=1S/C22H27NOS.C2H6/c1-2-21(25)14-9-15-24-20-16-23(17-20)22(18-10-5-3-6-11-18)19-12-7-4-8-13-19;1-2/h2-8,10-13,20,22,25H,9,14-17H2,1H3;1-2H3/b21-2-;. The fraction of sp³-hybridized carbons (Fsp3) is 0.417. The lowest BCUT2D eigenvalue weighted by atomic mass is 9.94. The molecular formula is C24H33NOS. The van der Waals surface area contributed by atoms with E-state index in [1.807, 2.05) is 20.8 Å². The van der Waals surface area contributed by atoms with Crippen LogP contribution in [0.3, 0.4) is 0 Å². The average Bonchev–Trinajstić information content (AvgIpc) is 2.71. The Morgan fingerprint density at radius 3 is 2.04 bits per heavy atom. The third-order valence-electron chi connectivity index (χ3n) is 4.74. The Morgan fingerprint density at radius 1 is 1.04 bits per heavy atom. The molecule has 0 aromatic heterocycles. The Balaban J connectivity index is 0.00000126. The van der Waals surface area contributed by atoms with Crippen LogP contribution in [0.25, 0.3) is 0 Å². The number of hydrogen-bond donors (Lipinski definition) is 1. The van der Waals surface area contributed by atoms with Crippen molar-refractivity contribution in [1.82, 2.24) is 4.90 Å². The Hall–Kier alpha value is -1.55. The summed E-state index contributed by atoms with van der Waals surface area (Å²) < 4.78 is 6.02. The first-order valence-electron chi connectivity index (χ1n) is 10.1. The summed E-state index contributed by atoms with van der Waals surface area (Å²) in [6, 6.07) is 21.8. The zero-order valence-electron chi connectivity index (χ0n) is 16.8. The summed E-state index contributed by atoms with van der Waals surface area (Å²) in [6.07, 6.45) is 4.45. The van der Waals surface area contributed by atoms with Crippen LogP contribution in [-0.2, 0) is 4.74 Å². The number of rotatable bonds is 8. The largest absolute Gasteiger partial charge is 0.376 e. The van der Waals surface area contributed by atoms with Gasteiger partial charge in [0.2, 0.25) is 0 Å². The van der Waals surface area contributed by atoms with Crippen LogP contribution in [-0.4, -0.2) is 30.7 Å². The predicted octanol–water partition coefficient (Wildman–Crippen LogP) is 6.12. The molecular weight excluding hydrogens is 350 g/mol. The Kier molecular flexibility index (Phi) is 9.68. The van der Waals surface area contributed by atoms with Crippen molar-refractivity contribution >= 4 is 12.6 Å². The van der Waals surface area contributed by atoms with Crippen molar-refractivity contribution in [3.8, 4) is 0 Å². The van der Waals surface area contributed by atoms with Gasteiger partial charge in [-0.1, -0.05) is 80.6 Å². The first kappa shape index (κ1) is 21.7. The first-order chi connectivity index (χ1) is 13.3. The molecule has 2 nitrogen and oxygen atoms in total. The molecule has 2 aromatic carbocycles. The Labute approximate surface area is 170 Å². The van der Waals surface area contributed by atoms with Crippen LogP contribution < -0.4 is 0 Å². The van der Waals surface area contributed by atoms with Crippen LogP contribution in [0.2, 0.25) is 0 Å². The van der Waals surface area contributed by atoms with E-state index in [2.05, 4.69) is 84.3 Å². The summed E-state index contributed by atoms with van der Waals surface area (Å²) in [7, 11) is 0. The van der Waals surface area contributed by atoms with Gasteiger partial charge in [0.05, 0.1) is 12.1 Å². The fourth-order valence-corrected chi connectivity index (χ4v) is 3.48. The van der Waals surface area contributed by atoms with E-state index >= 15 is 0 Å². The highest BCUT2D eigenvalue weighted by Gasteiger charge is 2.34. The molecule has 1 heterocycles. The molecule has 1 saturated heterocycles. The third-order valence-corrected chi connectivity index (χ3v) is 5.22. The van der Waals surface area contributed by atoms with Crippen LogP contribution in [0.5, 0.6) is 0 Å². The molecule has 0 aliphatic carbocycles. The molecule has 1 aliphatic rings. The second kappa shape index (κ2) is 12.0. The minimum Gasteiger partial charge on any atom is -0.376 e. The summed E-state index contributed by atoms with van der Waals surface area (Å²) in [6.45, 7) is 8.83. The second-order valence-corrected chi connectivity index (χ2v) is 7.13.